The lowest BCUT2D eigenvalue weighted by Crippen LogP contribution is -2.47. The molecule has 20 heavy (non-hydrogen) atoms. The summed E-state index contributed by atoms with van der Waals surface area (Å²) in [5, 5.41) is 1.76. The van der Waals surface area contributed by atoms with E-state index in [1.54, 1.807) is 17.5 Å². The Balaban J connectivity index is 0.00000180. The number of halogens is 2. The Morgan fingerprint density at radius 1 is 1.20 bits per heavy atom. The molecule has 0 saturated carbocycles. The molecule has 0 aromatic carbocycles. The molecule has 1 fully saturated rings. The monoisotopic (exact) mass is 321 g/mol. The summed E-state index contributed by atoms with van der Waals surface area (Å²) >= 11 is 0. The van der Waals surface area contributed by atoms with Crippen LogP contribution >= 0.6 is 24.8 Å². The summed E-state index contributed by atoms with van der Waals surface area (Å²) in [4.78, 5) is 22.9. The maximum Gasteiger partial charge on any atom is 0.325 e. The number of carbonyl (C=O) groups excluding carboxylic acids is 1. The van der Waals surface area contributed by atoms with Gasteiger partial charge in [-0.1, -0.05) is 6.92 Å². The van der Waals surface area contributed by atoms with E-state index in [0.717, 1.165) is 32.6 Å². The third kappa shape index (κ3) is 5.53. The van der Waals surface area contributed by atoms with E-state index in [1.807, 2.05) is 19.1 Å². The molecule has 0 N–H and O–H groups in total. The maximum absolute atomic E-state index is 11.4. The van der Waals surface area contributed by atoms with Crippen molar-refractivity contribution in [3.8, 4) is 0 Å². The van der Waals surface area contributed by atoms with Gasteiger partial charge in [0.25, 0.3) is 0 Å². The van der Waals surface area contributed by atoms with Crippen molar-refractivity contribution in [1.29, 1.82) is 0 Å². The van der Waals surface area contributed by atoms with Crippen LogP contribution in [0.25, 0.3) is 0 Å². The number of hydrogen-bond donors (Lipinski definition) is 0. The van der Waals surface area contributed by atoms with Gasteiger partial charge in [0, 0.05) is 37.6 Å². The first-order valence-corrected chi connectivity index (χ1v) is 6.40. The van der Waals surface area contributed by atoms with E-state index in [4.69, 9.17) is 4.84 Å². The Hall–Kier alpha value is -1.04. The van der Waals surface area contributed by atoms with E-state index in [9.17, 15) is 4.79 Å². The van der Waals surface area contributed by atoms with Crippen LogP contribution in [0, 0.1) is 0 Å². The van der Waals surface area contributed by atoms with Crippen LogP contribution in [0.15, 0.2) is 24.5 Å². The second kappa shape index (κ2) is 9.80. The minimum absolute atomic E-state index is 0. The molecule has 0 amide bonds. The average molecular weight is 322 g/mol. The molecule has 0 spiro atoms. The summed E-state index contributed by atoms with van der Waals surface area (Å²) in [5.41, 5.74) is 1.17. The Morgan fingerprint density at radius 3 is 2.35 bits per heavy atom. The number of rotatable bonds is 4. The lowest BCUT2D eigenvalue weighted by atomic mass is 10.3. The normalized spacial score (nSPS) is 14.9. The Labute approximate surface area is 132 Å². The van der Waals surface area contributed by atoms with Crippen LogP contribution in [0.1, 0.15) is 19.8 Å². The predicted molar refractivity (Wildman–Crippen MR) is 83.5 cm³/mol. The molecule has 1 aliphatic heterocycles. The van der Waals surface area contributed by atoms with Gasteiger partial charge in [0.2, 0.25) is 0 Å². The molecule has 0 bridgehead atoms. The molecule has 114 valence electrons. The summed E-state index contributed by atoms with van der Waals surface area (Å²) < 4.78 is 0. The Bertz CT molecular complexity index is 384. The fourth-order valence-electron chi connectivity index (χ4n) is 1.99. The minimum atomic E-state index is -0.130. The van der Waals surface area contributed by atoms with Crippen molar-refractivity contribution in [2.75, 3.05) is 31.1 Å². The van der Waals surface area contributed by atoms with Gasteiger partial charge in [-0.05, 0) is 18.6 Å². The van der Waals surface area contributed by atoms with Crippen LogP contribution in [-0.4, -0.2) is 42.2 Å². The number of aromatic nitrogens is 1. The average Bonchev–Trinajstić information content (AvgIpc) is 2.41. The molecule has 1 aromatic rings. The highest BCUT2D eigenvalue weighted by Crippen LogP contribution is 2.14. The highest BCUT2D eigenvalue weighted by molar-refractivity contribution is 5.85. The molecule has 0 unspecified atom stereocenters. The largest absolute Gasteiger partial charge is 0.369 e. The summed E-state index contributed by atoms with van der Waals surface area (Å²) in [6.07, 6.45) is 4.91. The van der Waals surface area contributed by atoms with Gasteiger partial charge in [-0.2, -0.15) is 0 Å². The van der Waals surface area contributed by atoms with Crippen molar-refractivity contribution >= 4 is 36.5 Å². The first-order chi connectivity index (χ1) is 8.79. The van der Waals surface area contributed by atoms with Crippen LogP contribution in [0.4, 0.5) is 5.69 Å². The quantitative estimate of drug-likeness (QED) is 0.851. The van der Waals surface area contributed by atoms with Gasteiger partial charge in [0.15, 0.2) is 0 Å². The second-order valence-corrected chi connectivity index (χ2v) is 4.33. The second-order valence-electron chi connectivity index (χ2n) is 4.33. The molecule has 0 radical (unpaired) electrons. The van der Waals surface area contributed by atoms with Gasteiger partial charge in [-0.15, -0.1) is 29.9 Å². The molecule has 7 heteroatoms. The van der Waals surface area contributed by atoms with Gasteiger partial charge in [0.05, 0.1) is 13.1 Å². The molecule has 1 aliphatic rings. The number of nitrogens with zero attached hydrogens (tertiary/aromatic N) is 3. The van der Waals surface area contributed by atoms with Gasteiger partial charge >= 0.3 is 5.97 Å². The highest BCUT2D eigenvalue weighted by Gasteiger charge is 2.19. The maximum atomic E-state index is 11.4. The summed E-state index contributed by atoms with van der Waals surface area (Å²) in [7, 11) is 0. The molecular weight excluding hydrogens is 301 g/mol. The zero-order valence-corrected chi connectivity index (χ0v) is 13.2. The van der Waals surface area contributed by atoms with Crippen molar-refractivity contribution < 1.29 is 9.63 Å². The van der Waals surface area contributed by atoms with Crippen molar-refractivity contribution in [1.82, 2.24) is 10.0 Å². The van der Waals surface area contributed by atoms with Gasteiger partial charge in [-0.25, -0.2) is 0 Å². The lowest BCUT2D eigenvalue weighted by molar-refractivity contribution is -0.191. The fraction of sp³-hybridized carbons (Fsp3) is 0.538. The van der Waals surface area contributed by atoms with Crippen LogP contribution < -0.4 is 4.90 Å². The van der Waals surface area contributed by atoms with Gasteiger partial charge < -0.3 is 9.74 Å². The van der Waals surface area contributed by atoms with E-state index in [0.29, 0.717) is 6.42 Å². The fourth-order valence-corrected chi connectivity index (χ4v) is 1.99. The van der Waals surface area contributed by atoms with Crippen molar-refractivity contribution in [2.45, 2.75) is 19.8 Å². The van der Waals surface area contributed by atoms with Crippen LogP contribution in [-0.2, 0) is 9.63 Å². The topological polar surface area (TPSA) is 45.7 Å². The zero-order valence-electron chi connectivity index (χ0n) is 11.5. The van der Waals surface area contributed by atoms with Crippen LogP contribution in [0.2, 0.25) is 0 Å². The van der Waals surface area contributed by atoms with E-state index >= 15 is 0 Å². The first kappa shape index (κ1) is 19.0. The van der Waals surface area contributed by atoms with Crippen molar-refractivity contribution in [3.05, 3.63) is 24.5 Å². The molecule has 1 saturated heterocycles. The summed E-state index contributed by atoms with van der Waals surface area (Å²) in [6.45, 7) is 5.20. The molecule has 1 aromatic heterocycles. The molecular formula is C13H21Cl2N3O2. The Morgan fingerprint density at radius 2 is 1.80 bits per heavy atom. The molecule has 2 rings (SSSR count). The Kier molecular flexibility index (Phi) is 9.29. The SMILES string of the molecule is CCCC(=O)ON1CCN(c2ccncc2)CC1.Cl.Cl. The van der Waals surface area contributed by atoms with Crippen LogP contribution in [0.5, 0.6) is 0 Å². The van der Waals surface area contributed by atoms with E-state index in [-0.39, 0.29) is 30.8 Å². The molecule has 2 heterocycles. The number of carbonyl (C=O) groups is 1. The number of anilines is 1. The van der Waals surface area contributed by atoms with Crippen molar-refractivity contribution in [2.24, 2.45) is 0 Å². The van der Waals surface area contributed by atoms with Gasteiger partial charge in [0.1, 0.15) is 0 Å². The summed E-state index contributed by atoms with van der Waals surface area (Å²) in [5.74, 6) is -0.130. The molecule has 0 aliphatic carbocycles. The zero-order chi connectivity index (χ0) is 12.8. The standard InChI is InChI=1S/C13H19N3O2.2ClH/c1-2-3-13(17)18-16-10-8-15(9-11-16)12-4-6-14-7-5-12;;/h4-7H,2-3,8-11H2,1H3;2*1H. The van der Waals surface area contributed by atoms with Gasteiger partial charge in [-0.3, -0.25) is 9.78 Å². The van der Waals surface area contributed by atoms with E-state index in [1.165, 1.54) is 5.69 Å². The summed E-state index contributed by atoms with van der Waals surface area (Å²) in [6, 6.07) is 4.00. The van der Waals surface area contributed by atoms with Crippen LogP contribution in [0.3, 0.4) is 0 Å². The molecule has 5 nitrogen and oxygen atoms in total. The third-order valence-corrected chi connectivity index (χ3v) is 2.95. The minimum Gasteiger partial charge on any atom is -0.369 e. The van der Waals surface area contributed by atoms with Crippen molar-refractivity contribution in [3.63, 3.8) is 0 Å². The number of hydrogen-bond acceptors (Lipinski definition) is 5. The third-order valence-electron chi connectivity index (χ3n) is 2.95. The number of piperazine rings is 1. The van der Waals surface area contributed by atoms with E-state index in [2.05, 4.69) is 9.88 Å². The smallest absolute Gasteiger partial charge is 0.325 e. The first-order valence-electron chi connectivity index (χ1n) is 6.40. The number of hydroxylamine groups is 2. The highest BCUT2D eigenvalue weighted by atomic mass is 35.5. The lowest BCUT2D eigenvalue weighted by Gasteiger charge is -2.34. The molecule has 0 atom stereocenters. The number of pyridine rings is 1. The predicted octanol–water partition coefficient (Wildman–Crippen LogP) is 2.31. The van der Waals surface area contributed by atoms with E-state index < -0.39 is 0 Å².